The van der Waals surface area contributed by atoms with Crippen molar-refractivity contribution in [3.63, 3.8) is 0 Å². The maximum atomic E-state index is 12.9. The van der Waals surface area contributed by atoms with Gasteiger partial charge >= 0.3 is 0 Å². The van der Waals surface area contributed by atoms with Crippen LogP contribution in [0.5, 0.6) is 5.75 Å². The summed E-state index contributed by atoms with van der Waals surface area (Å²) in [6.07, 6.45) is 3.43. The summed E-state index contributed by atoms with van der Waals surface area (Å²) in [6.45, 7) is 3.02. The Morgan fingerprint density at radius 1 is 1.25 bits per heavy atom. The van der Waals surface area contributed by atoms with E-state index in [1.54, 1.807) is 18.4 Å². The van der Waals surface area contributed by atoms with E-state index in [2.05, 4.69) is 18.0 Å². The van der Waals surface area contributed by atoms with E-state index in [1.807, 2.05) is 29.2 Å². The number of amides is 1. The van der Waals surface area contributed by atoms with Crippen LogP contribution in [0.4, 0.5) is 0 Å². The number of piperidine rings is 1. The Morgan fingerprint density at radius 3 is 2.92 bits per heavy atom. The van der Waals surface area contributed by atoms with Gasteiger partial charge in [0.25, 0.3) is 10.7 Å². The number of ether oxygens (including phenoxy) is 1. The summed E-state index contributed by atoms with van der Waals surface area (Å²) in [5.74, 6) is 1.00. The molecule has 3 heterocycles. The highest BCUT2D eigenvalue weighted by molar-refractivity contribution is 7.20. The van der Waals surface area contributed by atoms with E-state index in [1.165, 1.54) is 6.42 Å². The molecule has 4 nitrogen and oxygen atoms in total. The predicted molar refractivity (Wildman–Crippen MR) is 96.8 cm³/mol. The zero-order valence-corrected chi connectivity index (χ0v) is 14.8. The average Bonchev–Trinajstić information content (AvgIpc) is 3.01. The van der Waals surface area contributed by atoms with Gasteiger partial charge in [-0.1, -0.05) is 11.3 Å². The zero-order chi connectivity index (χ0) is 16.7. The van der Waals surface area contributed by atoms with E-state index in [0.717, 1.165) is 51.1 Å². The van der Waals surface area contributed by atoms with Crippen molar-refractivity contribution in [1.82, 2.24) is 4.90 Å². The number of pyridine rings is 1. The molecule has 0 radical (unpaired) electrons. The number of likely N-dealkylation sites (tertiary alicyclic amines) is 1. The van der Waals surface area contributed by atoms with Gasteiger partial charge in [-0.3, -0.25) is 4.79 Å². The van der Waals surface area contributed by atoms with E-state index in [-0.39, 0.29) is 5.91 Å². The molecule has 124 valence electrons. The van der Waals surface area contributed by atoms with Gasteiger partial charge in [-0.25, -0.2) is 0 Å². The summed E-state index contributed by atoms with van der Waals surface area (Å²) < 4.78 is 5.30. The summed E-state index contributed by atoms with van der Waals surface area (Å²) in [6, 6.07) is 10.4. The molecule has 24 heavy (non-hydrogen) atoms. The second-order valence-electron chi connectivity index (χ2n) is 6.46. The number of carbonyl (C=O) groups excluding carboxylic acids is 1. The van der Waals surface area contributed by atoms with Gasteiger partial charge < -0.3 is 9.64 Å². The van der Waals surface area contributed by atoms with Crippen molar-refractivity contribution in [3.8, 4) is 5.75 Å². The Balaban J connectivity index is 1.74. The van der Waals surface area contributed by atoms with E-state index >= 15 is 0 Å². The summed E-state index contributed by atoms with van der Waals surface area (Å²) in [7, 11) is 1.67. The Kier molecular flexibility index (Phi) is 3.88. The number of aromatic amines is 1. The highest BCUT2D eigenvalue weighted by Crippen LogP contribution is 2.29. The molecular formula is C19H21N2O2S+. The van der Waals surface area contributed by atoms with E-state index < -0.39 is 0 Å². The zero-order valence-electron chi connectivity index (χ0n) is 14.0. The van der Waals surface area contributed by atoms with Crippen LogP contribution in [0.2, 0.25) is 0 Å². The lowest BCUT2D eigenvalue weighted by Crippen LogP contribution is -2.41. The molecule has 1 saturated heterocycles. The number of hydrogen-bond acceptors (Lipinski definition) is 3. The molecule has 1 aromatic carbocycles. The summed E-state index contributed by atoms with van der Waals surface area (Å²) in [5, 5.41) is 2.17. The molecule has 0 aliphatic carbocycles. The number of rotatable bonds is 2. The van der Waals surface area contributed by atoms with E-state index in [4.69, 9.17) is 4.74 Å². The molecular weight excluding hydrogens is 320 g/mol. The fraction of sp³-hybridized carbons (Fsp3) is 0.368. The number of H-pyrrole nitrogens is 1. The molecule has 0 bridgehead atoms. The van der Waals surface area contributed by atoms with Crippen molar-refractivity contribution in [2.75, 3.05) is 13.7 Å². The SMILES string of the molecule is COc1ccc2[nH+]c3sc(C(=O)N4CCCCC4C)cc3cc2c1. The topological polar surface area (TPSA) is 43.7 Å². The minimum absolute atomic E-state index is 0.165. The third-order valence-corrected chi connectivity index (χ3v) is 5.91. The first-order chi connectivity index (χ1) is 11.7. The molecule has 2 aromatic heterocycles. The molecule has 1 amide bonds. The molecule has 3 aromatic rings. The maximum Gasteiger partial charge on any atom is 0.268 e. The van der Waals surface area contributed by atoms with E-state index in [0.29, 0.717) is 6.04 Å². The molecule has 0 saturated carbocycles. The highest BCUT2D eigenvalue weighted by Gasteiger charge is 2.26. The lowest BCUT2D eigenvalue weighted by atomic mass is 10.0. The van der Waals surface area contributed by atoms with Crippen LogP contribution in [0, 0.1) is 0 Å². The molecule has 1 unspecified atom stereocenters. The number of benzene rings is 1. The number of methoxy groups -OCH3 is 1. The number of hydrogen-bond donors (Lipinski definition) is 0. The van der Waals surface area contributed by atoms with Crippen LogP contribution >= 0.6 is 11.3 Å². The Hall–Kier alpha value is -2.14. The van der Waals surface area contributed by atoms with Crippen molar-refractivity contribution in [1.29, 1.82) is 0 Å². The van der Waals surface area contributed by atoms with Crippen LogP contribution < -0.4 is 9.72 Å². The smallest absolute Gasteiger partial charge is 0.268 e. The van der Waals surface area contributed by atoms with Crippen molar-refractivity contribution in [3.05, 3.63) is 35.2 Å². The van der Waals surface area contributed by atoms with Crippen LogP contribution in [-0.2, 0) is 0 Å². The van der Waals surface area contributed by atoms with Crippen molar-refractivity contribution in [2.24, 2.45) is 0 Å². The predicted octanol–water partition coefficient (Wildman–Crippen LogP) is 3.89. The maximum absolute atomic E-state index is 12.9. The first-order valence-corrected chi connectivity index (χ1v) is 9.22. The summed E-state index contributed by atoms with van der Waals surface area (Å²) >= 11 is 1.55. The molecule has 0 spiro atoms. The molecule has 4 rings (SSSR count). The van der Waals surface area contributed by atoms with Crippen LogP contribution in [0.25, 0.3) is 21.1 Å². The molecule has 1 fully saturated rings. The van der Waals surface area contributed by atoms with Gasteiger partial charge in [0.15, 0.2) is 0 Å². The number of aromatic nitrogens is 1. The van der Waals surface area contributed by atoms with Gasteiger partial charge in [0.05, 0.1) is 22.8 Å². The van der Waals surface area contributed by atoms with Gasteiger partial charge in [-0.05, 0) is 50.5 Å². The van der Waals surface area contributed by atoms with Crippen LogP contribution in [0.3, 0.4) is 0 Å². The Labute approximate surface area is 145 Å². The lowest BCUT2D eigenvalue weighted by Gasteiger charge is -2.33. The number of fused-ring (bicyclic) bond motifs is 2. The van der Waals surface area contributed by atoms with Crippen LogP contribution in [0.1, 0.15) is 35.9 Å². The fourth-order valence-electron chi connectivity index (χ4n) is 3.45. The average molecular weight is 341 g/mol. The highest BCUT2D eigenvalue weighted by atomic mass is 32.1. The molecule has 5 heteroatoms. The summed E-state index contributed by atoms with van der Waals surface area (Å²) in [4.78, 5) is 20.2. The number of thiophene rings is 1. The second-order valence-corrected chi connectivity index (χ2v) is 7.51. The van der Waals surface area contributed by atoms with Crippen molar-refractivity contribution < 1.29 is 14.5 Å². The van der Waals surface area contributed by atoms with Crippen LogP contribution in [0.15, 0.2) is 30.3 Å². The first-order valence-electron chi connectivity index (χ1n) is 8.40. The van der Waals surface area contributed by atoms with Crippen molar-refractivity contribution >= 4 is 38.4 Å². The van der Waals surface area contributed by atoms with Gasteiger partial charge in [0.2, 0.25) is 5.52 Å². The first kappa shape index (κ1) is 15.4. The lowest BCUT2D eigenvalue weighted by molar-refractivity contribution is -0.307. The third-order valence-electron chi connectivity index (χ3n) is 4.85. The number of nitrogens with zero attached hydrogens (tertiary/aromatic N) is 1. The van der Waals surface area contributed by atoms with Crippen molar-refractivity contribution in [2.45, 2.75) is 32.2 Å². The Morgan fingerprint density at radius 2 is 2.12 bits per heavy atom. The minimum Gasteiger partial charge on any atom is -0.497 e. The fourth-order valence-corrected chi connectivity index (χ4v) is 4.45. The minimum atomic E-state index is 0.165. The molecule has 1 atom stereocenters. The van der Waals surface area contributed by atoms with Gasteiger partial charge in [0.1, 0.15) is 5.75 Å². The van der Waals surface area contributed by atoms with Gasteiger partial charge in [0, 0.05) is 18.7 Å². The monoisotopic (exact) mass is 341 g/mol. The quantitative estimate of drug-likeness (QED) is 0.710. The molecule has 1 N–H and O–H groups in total. The van der Waals surface area contributed by atoms with E-state index in [9.17, 15) is 4.79 Å². The second kappa shape index (κ2) is 6.06. The summed E-state index contributed by atoms with van der Waals surface area (Å²) in [5.41, 5.74) is 1.05. The number of nitrogens with one attached hydrogen (secondary N) is 1. The van der Waals surface area contributed by atoms with Gasteiger partial charge in [-0.15, -0.1) is 0 Å². The molecule has 1 aliphatic heterocycles. The molecule has 1 aliphatic rings. The standard InChI is InChI=1S/C19H20N2O2S/c1-12-5-3-4-8-21(12)19(22)17-11-14-9-13-10-15(23-2)6-7-16(13)20-18(14)24-17/h6-7,9-12H,3-5,8H2,1-2H3/p+1. The Bertz CT molecular complexity index is 918. The van der Waals surface area contributed by atoms with Gasteiger partial charge in [-0.2, -0.15) is 4.98 Å². The normalized spacial score (nSPS) is 18.2. The van der Waals surface area contributed by atoms with Crippen LogP contribution in [-0.4, -0.2) is 30.5 Å². The largest absolute Gasteiger partial charge is 0.497 e. The third kappa shape index (κ3) is 2.63. The number of carbonyl (C=O) groups is 1.